The molecule has 2 heterocycles. The van der Waals surface area contributed by atoms with Gasteiger partial charge in [0.15, 0.2) is 16.3 Å². The van der Waals surface area contributed by atoms with E-state index in [-0.39, 0.29) is 29.3 Å². The molecule has 0 amide bonds. The Balaban J connectivity index is 1.60. The van der Waals surface area contributed by atoms with Crippen molar-refractivity contribution in [1.29, 1.82) is 0 Å². The summed E-state index contributed by atoms with van der Waals surface area (Å²) >= 11 is 1.17. The summed E-state index contributed by atoms with van der Waals surface area (Å²) in [6.45, 7) is 6.15. The molecule has 0 radical (unpaired) electrons. The average molecular weight is 614 g/mol. The fourth-order valence-corrected chi connectivity index (χ4v) is 5.82. The Morgan fingerprint density at radius 3 is 2.48 bits per heavy atom. The number of nitro groups is 1. The van der Waals surface area contributed by atoms with Gasteiger partial charge in [0.05, 0.1) is 40.5 Å². The lowest BCUT2D eigenvalue weighted by molar-refractivity contribution is -0.384. The highest BCUT2D eigenvalue weighted by Crippen LogP contribution is 2.36. The van der Waals surface area contributed by atoms with E-state index in [9.17, 15) is 19.7 Å². The van der Waals surface area contributed by atoms with E-state index in [2.05, 4.69) is 4.99 Å². The maximum Gasteiger partial charge on any atom is 0.338 e. The molecule has 226 valence electrons. The second kappa shape index (κ2) is 13.1. The SMILES string of the molecule is COc1cc(C2C(C(=O)OCC(C)C)=C(C)N=c3s/c(=C\c4ccc([N+](=O)[O-])cc4)c(=O)n32)ccc1OCc1ccccc1. The normalized spacial score (nSPS) is 14.7. The molecule has 1 atom stereocenters. The number of allylic oxidation sites excluding steroid dienone is 1. The van der Waals surface area contributed by atoms with Gasteiger partial charge in [0, 0.05) is 12.1 Å². The summed E-state index contributed by atoms with van der Waals surface area (Å²) in [6.07, 6.45) is 1.65. The van der Waals surface area contributed by atoms with E-state index in [1.165, 1.54) is 35.1 Å². The first-order valence-corrected chi connectivity index (χ1v) is 14.8. The van der Waals surface area contributed by atoms with Crippen LogP contribution in [-0.4, -0.2) is 29.2 Å². The predicted molar refractivity (Wildman–Crippen MR) is 166 cm³/mol. The second-order valence-electron chi connectivity index (χ2n) is 10.6. The third-order valence-electron chi connectivity index (χ3n) is 6.93. The van der Waals surface area contributed by atoms with Crippen LogP contribution in [0.5, 0.6) is 11.5 Å². The quantitative estimate of drug-likeness (QED) is 0.141. The largest absolute Gasteiger partial charge is 0.493 e. The maximum atomic E-state index is 13.9. The number of nitro benzene ring substituents is 1. The molecule has 0 spiro atoms. The van der Waals surface area contributed by atoms with Gasteiger partial charge in [-0.15, -0.1) is 0 Å². The molecule has 10 nitrogen and oxygen atoms in total. The van der Waals surface area contributed by atoms with Crippen molar-refractivity contribution in [1.82, 2.24) is 4.57 Å². The number of fused-ring (bicyclic) bond motifs is 1. The zero-order valence-corrected chi connectivity index (χ0v) is 25.5. The van der Waals surface area contributed by atoms with E-state index in [1.807, 2.05) is 44.2 Å². The van der Waals surface area contributed by atoms with Gasteiger partial charge in [0.1, 0.15) is 6.61 Å². The first-order chi connectivity index (χ1) is 21.2. The Hall–Kier alpha value is -5.03. The van der Waals surface area contributed by atoms with Gasteiger partial charge in [0.2, 0.25) is 0 Å². The Bertz CT molecular complexity index is 1910. The monoisotopic (exact) mass is 613 g/mol. The van der Waals surface area contributed by atoms with Crippen molar-refractivity contribution in [2.24, 2.45) is 10.9 Å². The van der Waals surface area contributed by atoms with E-state index in [0.717, 1.165) is 5.56 Å². The van der Waals surface area contributed by atoms with E-state index >= 15 is 0 Å². The first-order valence-electron chi connectivity index (χ1n) is 13.9. The third-order valence-corrected chi connectivity index (χ3v) is 7.91. The summed E-state index contributed by atoms with van der Waals surface area (Å²) in [6, 6.07) is 20.1. The fourth-order valence-electron chi connectivity index (χ4n) is 4.77. The van der Waals surface area contributed by atoms with E-state index < -0.39 is 16.9 Å². The summed E-state index contributed by atoms with van der Waals surface area (Å²) in [4.78, 5) is 43.1. The number of methoxy groups -OCH3 is 1. The van der Waals surface area contributed by atoms with Gasteiger partial charge in [-0.25, -0.2) is 9.79 Å². The lowest BCUT2D eigenvalue weighted by atomic mass is 9.95. The van der Waals surface area contributed by atoms with Gasteiger partial charge < -0.3 is 14.2 Å². The highest BCUT2D eigenvalue weighted by atomic mass is 32.1. The molecule has 3 aromatic carbocycles. The topological polar surface area (TPSA) is 122 Å². The van der Waals surface area contributed by atoms with E-state index in [4.69, 9.17) is 14.2 Å². The van der Waals surface area contributed by atoms with Crippen LogP contribution in [0.1, 0.15) is 43.5 Å². The van der Waals surface area contributed by atoms with Gasteiger partial charge in [-0.05, 0) is 59.9 Å². The molecule has 0 aliphatic carbocycles. The van der Waals surface area contributed by atoms with Crippen molar-refractivity contribution in [2.75, 3.05) is 13.7 Å². The van der Waals surface area contributed by atoms with Crippen LogP contribution >= 0.6 is 11.3 Å². The fraction of sp³-hybridized carbons (Fsp3) is 0.242. The molecule has 1 aliphatic heterocycles. The number of thiazole rings is 1. The molecular weight excluding hydrogens is 582 g/mol. The molecule has 0 fully saturated rings. The summed E-state index contributed by atoms with van der Waals surface area (Å²) in [5, 5.41) is 11.1. The number of non-ortho nitro benzene ring substituents is 1. The van der Waals surface area contributed by atoms with Gasteiger partial charge in [-0.1, -0.05) is 61.6 Å². The zero-order chi connectivity index (χ0) is 31.4. The number of carbonyl (C=O) groups is 1. The zero-order valence-electron chi connectivity index (χ0n) is 24.7. The highest BCUT2D eigenvalue weighted by molar-refractivity contribution is 7.07. The molecule has 1 aromatic heterocycles. The minimum Gasteiger partial charge on any atom is -0.493 e. The molecule has 4 aromatic rings. The van der Waals surface area contributed by atoms with Crippen LogP contribution < -0.4 is 24.4 Å². The highest BCUT2D eigenvalue weighted by Gasteiger charge is 2.34. The number of aromatic nitrogens is 1. The standard InChI is InChI=1S/C33H31N3O7S/c1-20(2)18-43-32(38)29-21(3)34-33-35(31(37)28(44-33)16-22-10-13-25(14-11-22)36(39)40)30(29)24-12-15-26(27(17-24)41-4)42-19-23-8-6-5-7-9-23/h5-17,20,30H,18-19H2,1-4H3/b28-16-. The van der Waals surface area contributed by atoms with Gasteiger partial charge in [-0.3, -0.25) is 19.5 Å². The van der Waals surface area contributed by atoms with E-state index in [0.29, 0.717) is 44.3 Å². The van der Waals surface area contributed by atoms with Crippen molar-refractivity contribution >= 4 is 29.1 Å². The number of carbonyl (C=O) groups excluding carboxylic acids is 1. The molecule has 0 bridgehead atoms. The Morgan fingerprint density at radius 2 is 1.82 bits per heavy atom. The maximum absolute atomic E-state index is 13.9. The number of ether oxygens (including phenoxy) is 3. The van der Waals surface area contributed by atoms with Crippen LogP contribution in [0.2, 0.25) is 0 Å². The molecule has 0 N–H and O–H groups in total. The number of nitrogens with zero attached hydrogens (tertiary/aromatic N) is 3. The van der Waals surface area contributed by atoms with Crippen LogP contribution in [0.25, 0.3) is 6.08 Å². The molecule has 0 saturated heterocycles. The molecule has 5 rings (SSSR count). The molecule has 44 heavy (non-hydrogen) atoms. The Morgan fingerprint density at radius 1 is 1.09 bits per heavy atom. The van der Waals surface area contributed by atoms with Gasteiger partial charge in [-0.2, -0.15) is 0 Å². The van der Waals surface area contributed by atoms with Crippen LogP contribution in [0.4, 0.5) is 5.69 Å². The van der Waals surface area contributed by atoms with Crippen molar-refractivity contribution in [3.8, 4) is 11.5 Å². The summed E-state index contributed by atoms with van der Waals surface area (Å²) in [7, 11) is 1.53. The van der Waals surface area contributed by atoms with Crippen molar-refractivity contribution < 1.29 is 23.9 Å². The summed E-state index contributed by atoms with van der Waals surface area (Å²) in [5.74, 6) is 0.506. The third kappa shape index (κ3) is 6.47. The Labute approximate surface area is 257 Å². The number of rotatable bonds is 10. The van der Waals surface area contributed by atoms with Gasteiger partial charge >= 0.3 is 5.97 Å². The van der Waals surface area contributed by atoms with Gasteiger partial charge in [0.25, 0.3) is 11.2 Å². The number of esters is 1. The van der Waals surface area contributed by atoms with E-state index in [1.54, 1.807) is 43.3 Å². The minimum absolute atomic E-state index is 0.0473. The minimum atomic E-state index is -0.845. The van der Waals surface area contributed by atoms with Crippen LogP contribution in [0, 0.1) is 16.0 Å². The first kappa shape index (κ1) is 30.4. The Kier molecular flexibility index (Phi) is 9.05. The number of hydrogen-bond donors (Lipinski definition) is 0. The van der Waals surface area contributed by atoms with Crippen LogP contribution in [-0.2, 0) is 16.1 Å². The molecule has 1 aliphatic rings. The van der Waals surface area contributed by atoms with Crippen LogP contribution in [0.3, 0.4) is 0 Å². The molecule has 1 unspecified atom stereocenters. The van der Waals surface area contributed by atoms with Crippen molar-refractivity contribution in [3.63, 3.8) is 0 Å². The smallest absolute Gasteiger partial charge is 0.338 e. The second-order valence-corrected chi connectivity index (χ2v) is 11.6. The summed E-state index contributed by atoms with van der Waals surface area (Å²) < 4.78 is 19.2. The summed E-state index contributed by atoms with van der Waals surface area (Å²) in [5.41, 5.74) is 2.51. The molecular formula is C33H31N3O7S. The lowest BCUT2D eigenvalue weighted by Crippen LogP contribution is -2.40. The van der Waals surface area contributed by atoms with Crippen LogP contribution in [0.15, 0.2) is 93.9 Å². The lowest BCUT2D eigenvalue weighted by Gasteiger charge is -2.25. The molecule has 0 saturated carbocycles. The van der Waals surface area contributed by atoms with Crippen molar-refractivity contribution in [2.45, 2.75) is 33.4 Å². The number of benzene rings is 3. The average Bonchev–Trinajstić information content (AvgIpc) is 3.32. The molecule has 11 heteroatoms. The number of hydrogen-bond acceptors (Lipinski definition) is 9. The van der Waals surface area contributed by atoms with Crippen molar-refractivity contribution in [3.05, 3.63) is 131 Å². The predicted octanol–water partition coefficient (Wildman–Crippen LogP) is 4.93.